The largest absolute Gasteiger partial charge is 0.465 e. The number of rotatable bonds is 4. The molecule has 0 bridgehead atoms. The number of esters is 1. The van der Waals surface area contributed by atoms with Crippen LogP contribution in [-0.4, -0.2) is 23.0 Å². The van der Waals surface area contributed by atoms with Crippen LogP contribution in [0.5, 0.6) is 0 Å². The molecule has 0 aliphatic rings. The predicted octanol–water partition coefficient (Wildman–Crippen LogP) is 2.32. The first-order chi connectivity index (χ1) is 9.60. The number of anilines is 1. The summed E-state index contributed by atoms with van der Waals surface area (Å²) in [5.74, 6) is -0.497. The van der Waals surface area contributed by atoms with Crippen LogP contribution in [0.2, 0.25) is 0 Å². The first kappa shape index (κ1) is 13.9. The highest BCUT2D eigenvalue weighted by molar-refractivity contribution is 5.89. The molecule has 5 nitrogen and oxygen atoms in total. The van der Waals surface area contributed by atoms with E-state index in [1.54, 1.807) is 12.3 Å². The monoisotopic (exact) mass is 275 g/mol. The Balaban J connectivity index is 2.14. The molecule has 0 spiro atoms. The molecule has 0 saturated carbocycles. The van der Waals surface area contributed by atoms with Crippen molar-refractivity contribution in [1.29, 1.82) is 0 Å². The van der Waals surface area contributed by atoms with E-state index in [4.69, 9.17) is 0 Å². The molecule has 0 aliphatic heterocycles. The maximum atomic E-state index is 13.7. The highest BCUT2D eigenvalue weighted by atomic mass is 19.1. The number of carbonyl (C=O) groups excluding carboxylic acids is 1. The van der Waals surface area contributed by atoms with Crippen molar-refractivity contribution in [3.05, 3.63) is 53.1 Å². The molecule has 2 aromatic rings. The molecule has 0 amide bonds. The average molecular weight is 275 g/mol. The normalized spacial score (nSPS) is 10.2. The van der Waals surface area contributed by atoms with Crippen LogP contribution in [0, 0.1) is 12.7 Å². The minimum atomic E-state index is -0.502. The zero-order chi connectivity index (χ0) is 14.5. The first-order valence-corrected chi connectivity index (χ1v) is 6.00. The molecule has 0 unspecified atom stereocenters. The summed E-state index contributed by atoms with van der Waals surface area (Å²) in [5.41, 5.74) is 1.46. The minimum Gasteiger partial charge on any atom is -0.465 e. The second-order valence-corrected chi connectivity index (χ2v) is 4.17. The van der Waals surface area contributed by atoms with E-state index in [-0.39, 0.29) is 6.54 Å². The Morgan fingerprint density at radius 1 is 1.40 bits per heavy atom. The summed E-state index contributed by atoms with van der Waals surface area (Å²) in [6, 6.07) is 5.84. The summed E-state index contributed by atoms with van der Waals surface area (Å²) in [4.78, 5) is 19.6. The Labute approximate surface area is 115 Å². The molecular formula is C14H14FN3O2. The summed E-state index contributed by atoms with van der Waals surface area (Å²) in [6.07, 6.45) is 1.62. The van der Waals surface area contributed by atoms with Crippen LogP contribution in [0.15, 0.2) is 30.5 Å². The van der Waals surface area contributed by atoms with Gasteiger partial charge in [-0.2, -0.15) is 0 Å². The van der Waals surface area contributed by atoms with Crippen molar-refractivity contribution in [2.24, 2.45) is 0 Å². The van der Waals surface area contributed by atoms with Gasteiger partial charge in [-0.25, -0.2) is 19.2 Å². The lowest BCUT2D eigenvalue weighted by atomic mass is 10.1. The van der Waals surface area contributed by atoms with Crippen molar-refractivity contribution < 1.29 is 13.9 Å². The molecule has 1 aromatic heterocycles. The second-order valence-electron chi connectivity index (χ2n) is 4.17. The van der Waals surface area contributed by atoms with Crippen LogP contribution in [0.25, 0.3) is 0 Å². The number of benzene rings is 1. The Morgan fingerprint density at radius 3 is 2.90 bits per heavy atom. The van der Waals surface area contributed by atoms with Crippen molar-refractivity contribution in [2.45, 2.75) is 13.5 Å². The minimum absolute atomic E-state index is 0.181. The molecule has 1 aromatic carbocycles. The van der Waals surface area contributed by atoms with Gasteiger partial charge in [-0.3, -0.25) is 0 Å². The van der Waals surface area contributed by atoms with E-state index in [1.807, 2.05) is 6.92 Å². The average Bonchev–Trinajstić information content (AvgIpc) is 2.45. The smallest absolute Gasteiger partial charge is 0.337 e. The van der Waals surface area contributed by atoms with Gasteiger partial charge in [0.25, 0.3) is 0 Å². The fourth-order valence-corrected chi connectivity index (χ4v) is 1.66. The zero-order valence-electron chi connectivity index (χ0n) is 11.2. The predicted molar refractivity (Wildman–Crippen MR) is 71.8 cm³/mol. The van der Waals surface area contributed by atoms with Crippen LogP contribution in [0.4, 0.5) is 10.3 Å². The van der Waals surface area contributed by atoms with Crippen LogP contribution in [-0.2, 0) is 11.3 Å². The number of hydrogen-bond donors (Lipinski definition) is 1. The lowest BCUT2D eigenvalue weighted by Gasteiger charge is -2.08. The third-order valence-electron chi connectivity index (χ3n) is 2.70. The van der Waals surface area contributed by atoms with Gasteiger partial charge in [-0.15, -0.1) is 0 Å². The van der Waals surface area contributed by atoms with Gasteiger partial charge in [0.05, 0.1) is 12.7 Å². The van der Waals surface area contributed by atoms with Crippen molar-refractivity contribution in [3.8, 4) is 0 Å². The molecule has 2 rings (SSSR count). The van der Waals surface area contributed by atoms with E-state index in [0.29, 0.717) is 17.1 Å². The number of carbonyl (C=O) groups is 1. The van der Waals surface area contributed by atoms with Crippen LogP contribution >= 0.6 is 0 Å². The van der Waals surface area contributed by atoms with E-state index >= 15 is 0 Å². The Bertz CT molecular complexity index is 632. The van der Waals surface area contributed by atoms with Gasteiger partial charge in [-0.1, -0.05) is 0 Å². The molecule has 20 heavy (non-hydrogen) atoms. The van der Waals surface area contributed by atoms with E-state index in [2.05, 4.69) is 20.0 Å². The van der Waals surface area contributed by atoms with Gasteiger partial charge in [0.2, 0.25) is 5.95 Å². The summed E-state index contributed by atoms with van der Waals surface area (Å²) < 4.78 is 18.3. The van der Waals surface area contributed by atoms with Gasteiger partial charge in [-0.05, 0) is 31.2 Å². The first-order valence-electron chi connectivity index (χ1n) is 6.00. The molecule has 0 saturated heterocycles. The van der Waals surface area contributed by atoms with Gasteiger partial charge in [0.15, 0.2) is 0 Å². The quantitative estimate of drug-likeness (QED) is 0.867. The fraction of sp³-hybridized carbons (Fsp3) is 0.214. The molecule has 0 radical (unpaired) electrons. The number of nitrogens with one attached hydrogen (secondary N) is 1. The van der Waals surface area contributed by atoms with Crippen molar-refractivity contribution >= 4 is 11.9 Å². The maximum absolute atomic E-state index is 13.7. The number of methoxy groups -OCH3 is 1. The molecule has 1 heterocycles. The van der Waals surface area contributed by atoms with Crippen LogP contribution < -0.4 is 5.32 Å². The summed E-state index contributed by atoms with van der Waals surface area (Å²) in [6.45, 7) is 2.02. The second kappa shape index (κ2) is 6.10. The SMILES string of the molecule is COC(=O)c1ccc(F)c(CNc2nccc(C)n2)c1. The van der Waals surface area contributed by atoms with E-state index < -0.39 is 11.8 Å². The van der Waals surface area contributed by atoms with Crippen molar-refractivity contribution in [2.75, 3.05) is 12.4 Å². The number of ether oxygens (including phenoxy) is 1. The van der Waals surface area contributed by atoms with E-state index in [9.17, 15) is 9.18 Å². The molecule has 1 N–H and O–H groups in total. The molecule has 0 atom stereocenters. The highest BCUT2D eigenvalue weighted by Crippen LogP contribution is 2.13. The lowest BCUT2D eigenvalue weighted by Crippen LogP contribution is -2.08. The van der Waals surface area contributed by atoms with Gasteiger partial charge < -0.3 is 10.1 Å². The molecular weight excluding hydrogens is 261 g/mol. The molecule has 0 aliphatic carbocycles. The van der Waals surface area contributed by atoms with Crippen molar-refractivity contribution in [1.82, 2.24) is 9.97 Å². The number of nitrogens with zero attached hydrogens (tertiary/aromatic N) is 2. The van der Waals surface area contributed by atoms with E-state index in [1.165, 1.54) is 25.3 Å². The number of hydrogen-bond acceptors (Lipinski definition) is 5. The Morgan fingerprint density at radius 2 is 2.20 bits per heavy atom. The topological polar surface area (TPSA) is 64.1 Å². The summed E-state index contributed by atoms with van der Waals surface area (Å²) in [7, 11) is 1.28. The van der Waals surface area contributed by atoms with Gasteiger partial charge in [0.1, 0.15) is 5.82 Å². The molecule has 0 fully saturated rings. The van der Waals surface area contributed by atoms with Crippen LogP contribution in [0.3, 0.4) is 0 Å². The molecule has 104 valence electrons. The van der Waals surface area contributed by atoms with Gasteiger partial charge >= 0.3 is 5.97 Å². The third kappa shape index (κ3) is 3.28. The fourth-order valence-electron chi connectivity index (χ4n) is 1.66. The summed E-state index contributed by atoms with van der Waals surface area (Å²) in [5, 5.41) is 2.91. The number of aryl methyl sites for hydroxylation is 1. The lowest BCUT2D eigenvalue weighted by molar-refractivity contribution is 0.0600. The zero-order valence-corrected chi connectivity index (χ0v) is 11.2. The standard InChI is InChI=1S/C14H14FN3O2/c1-9-5-6-16-14(18-9)17-8-11-7-10(13(19)20-2)3-4-12(11)15/h3-7H,8H2,1-2H3,(H,16,17,18). The Hall–Kier alpha value is -2.50. The van der Waals surface area contributed by atoms with Crippen LogP contribution in [0.1, 0.15) is 21.6 Å². The highest BCUT2D eigenvalue weighted by Gasteiger charge is 2.10. The Kier molecular flexibility index (Phi) is 4.24. The number of aromatic nitrogens is 2. The van der Waals surface area contributed by atoms with Gasteiger partial charge in [0, 0.05) is 24.0 Å². The summed E-state index contributed by atoms with van der Waals surface area (Å²) >= 11 is 0. The molecule has 6 heteroatoms. The third-order valence-corrected chi connectivity index (χ3v) is 2.70. The number of halogens is 1. The van der Waals surface area contributed by atoms with E-state index in [0.717, 1.165) is 5.69 Å². The maximum Gasteiger partial charge on any atom is 0.337 e. The van der Waals surface area contributed by atoms with Crippen molar-refractivity contribution in [3.63, 3.8) is 0 Å².